The van der Waals surface area contributed by atoms with Crippen molar-refractivity contribution >= 4 is 37.6 Å². The van der Waals surface area contributed by atoms with E-state index in [-0.39, 0.29) is 25.9 Å². The summed E-state index contributed by atoms with van der Waals surface area (Å²) in [4.78, 5) is 33.9. The molecule has 3 rings (SSSR count). The zero-order chi connectivity index (χ0) is 28.8. The predicted molar refractivity (Wildman–Crippen MR) is 148 cm³/mol. The van der Waals surface area contributed by atoms with Crippen LogP contribution in [0, 0.1) is 5.41 Å². The van der Waals surface area contributed by atoms with E-state index in [1.165, 1.54) is 19.1 Å². The van der Waals surface area contributed by atoms with Gasteiger partial charge in [-0.15, -0.1) is 0 Å². The Hall–Kier alpha value is -2.75. The van der Waals surface area contributed by atoms with Crippen LogP contribution in [0.5, 0.6) is 11.5 Å². The highest BCUT2D eigenvalue weighted by Crippen LogP contribution is 2.48. The number of nitrogens with one attached hydrogen (secondary N) is 1. The second-order valence-corrected chi connectivity index (χ2v) is 11.0. The summed E-state index contributed by atoms with van der Waals surface area (Å²) in [6, 6.07) is 10.3. The molecule has 0 aromatic heterocycles. The zero-order valence-electron chi connectivity index (χ0n) is 22.7. The average Bonchev–Trinajstić information content (AvgIpc) is 3.00. The summed E-state index contributed by atoms with van der Waals surface area (Å²) in [5.41, 5.74) is 1.24. The Morgan fingerprint density at radius 3 is 2.59 bits per heavy atom. The summed E-state index contributed by atoms with van der Waals surface area (Å²) in [7, 11) is 2.02. The fraction of sp³-hybridized carbons (Fsp3) is 0.481. The number of fused-ring (bicyclic) bond motifs is 1. The maximum absolute atomic E-state index is 14.4. The Bertz CT molecular complexity index is 1210. The number of anilines is 1. The molecule has 212 valence electrons. The topological polar surface area (TPSA) is 124 Å². The Labute approximate surface area is 234 Å². The van der Waals surface area contributed by atoms with Gasteiger partial charge in [0.15, 0.2) is 23.3 Å². The minimum absolute atomic E-state index is 0.0824. The van der Waals surface area contributed by atoms with Crippen molar-refractivity contribution in [3.63, 3.8) is 0 Å². The lowest BCUT2D eigenvalue weighted by Crippen LogP contribution is -2.55. The lowest BCUT2D eigenvalue weighted by atomic mass is 9.91. The first-order valence-electron chi connectivity index (χ1n) is 12.4. The highest BCUT2D eigenvalue weighted by molar-refractivity contribution is 7.23. The van der Waals surface area contributed by atoms with Gasteiger partial charge in [0.25, 0.3) is 5.91 Å². The fourth-order valence-corrected chi connectivity index (χ4v) is 5.30. The van der Waals surface area contributed by atoms with Gasteiger partial charge in [-0.1, -0.05) is 42.1 Å². The second-order valence-electron chi connectivity index (χ2n) is 9.95. The molecule has 1 aliphatic heterocycles. The van der Waals surface area contributed by atoms with Crippen LogP contribution >= 0.6 is 20.1 Å². The third-order valence-corrected chi connectivity index (χ3v) is 7.36. The number of benzene rings is 2. The van der Waals surface area contributed by atoms with E-state index in [2.05, 4.69) is 5.48 Å². The largest absolute Gasteiger partial charge is 0.493 e. The molecule has 0 bridgehead atoms. The number of carbonyl (C=O) groups is 2. The summed E-state index contributed by atoms with van der Waals surface area (Å²) in [5.74, 6) is -0.400. The molecule has 0 saturated heterocycles. The number of halogens is 1. The highest BCUT2D eigenvalue weighted by atomic mass is 35.5. The van der Waals surface area contributed by atoms with Gasteiger partial charge in [-0.05, 0) is 31.2 Å². The number of carbonyl (C=O) groups excluding carboxylic acids is 2. The highest BCUT2D eigenvalue weighted by Gasteiger charge is 2.53. The van der Waals surface area contributed by atoms with E-state index in [1.54, 1.807) is 43.3 Å². The smallest absolute Gasteiger partial charge is 0.328 e. The fourth-order valence-electron chi connectivity index (χ4n) is 4.52. The van der Waals surface area contributed by atoms with E-state index in [9.17, 15) is 19.3 Å². The molecule has 0 saturated carbocycles. The van der Waals surface area contributed by atoms with Gasteiger partial charge < -0.3 is 24.2 Å². The Morgan fingerprint density at radius 1 is 1.23 bits per heavy atom. The maximum atomic E-state index is 14.4. The second kappa shape index (κ2) is 13.1. The quantitative estimate of drug-likeness (QED) is 0.284. The number of ether oxygens (including phenoxy) is 3. The molecule has 10 nitrogen and oxygen atoms in total. The molecule has 0 spiro atoms. The van der Waals surface area contributed by atoms with Gasteiger partial charge in [-0.25, -0.2) is 5.48 Å². The Morgan fingerprint density at radius 2 is 1.97 bits per heavy atom. The van der Waals surface area contributed by atoms with E-state index >= 15 is 0 Å². The number of hydrogen-bond acceptors (Lipinski definition) is 8. The number of aliphatic hydroxyl groups excluding tert-OH is 1. The molecule has 0 radical (unpaired) electrons. The molecule has 1 heterocycles. The molecule has 2 amide bonds. The normalized spacial score (nSPS) is 19.4. The number of amides is 2. The van der Waals surface area contributed by atoms with Crippen molar-refractivity contribution in [3.8, 4) is 11.5 Å². The molecule has 1 aliphatic rings. The number of nitrogens with zero attached hydrogens (tertiary/aromatic N) is 1. The van der Waals surface area contributed by atoms with Gasteiger partial charge in [0.05, 0.1) is 27.2 Å². The van der Waals surface area contributed by atoms with E-state index in [1.807, 2.05) is 13.8 Å². The van der Waals surface area contributed by atoms with E-state index < -0.39 is 43.8 Å². The van der Waals surface area contributed by atoms with Crippen LogP contribution < -0.4 is 19.9 Å². The summed E-state index contributed by atoms with van der Waals surface area (Å²) >= 11 is 6.45. The van der Waals surface area contributed by atoms with Crippen molar-refractivity contribution in [2.75, 3.05) is 45.0 Å². The number of aliphatic hydroxyl groups is 1. The zero-order valence-corrected chi connectivity index (χ0v) is 24.5. The maximum Gasteiger partial charge on any atom is 0.328 e. The van der Waals surface area contributed by atoms with Crippen LogP contribution in [-0.2, 0) is 23.7 Å². The van der Waals surface area contributed by atoms with Crippen LogP contribution in [0.15, 0.2) is 36.4 Å². The van der Waals surface area contributed by atoms with Crippen molar-refractivity contribution in [1.82, 2.24) is 5.48 Å². The number of rotatable bonds is 12. The first kappa shape index (κ1) is 30.8. The van der Waals surface area contributed by atoms with Crippen LogP contribution in [0.3, 0.4) is 0 Å². The van der Waals surface area contributed by atoms with Crippen LogP contribution in [0.25, 0.3) is 0 Å². The van der Waals surface area contributed by atoms with Gasteiger partial charge in [-0.2, -0.15) is 0 Å². The summed E-state index contributed by atoms with van der Waals surface area (Å²) in [5, 5.41) is 10.4. The molecule has 12 heteroatoms. The van der Waals surface area contributed by atoms with Crippen LogP contribution in [0.4, 0.5) is 5.69 Å². The molecular weight excluding hydrogens is 547 g/mol. The van der Waals surface area contributed by atoms with Crippen molar-refractivity contribution < 1.29 is 38.3 Å². The molecule has 2 aromatic carbocycles. The molecule has 0 fully saturated rings. The molecule has 3 unspecified atom stereocenters. The molecule has 3 atom stereocenters. The minimum Gasteiger partial charge on any atom is -0.493 e. The van der Waals surface area contributed by atoms with Crippen LogP contribution in [0.2, 0.25) is 5.02 Å². The first-order valence-corrected chi connectivity index (χ1v) is 13.9. The van der Waals surface area contributed by atoms with Crippen molar-refractivity contribution in [1.29, 1.82) is 0 Å². The summed E-state index contributed by atoms with van der Waals surface area (Å²) < 4.78 is 30.0. The number of hydrogen-bond donors (Lipinski definition) is 2. The van der Waals surface area contributed by atoms with Crippen LogP contribution in [-0.4, -0.2) is 62.7 Å². The molecule has 0 aliphatic carbocycles. The third kappa shape index (κ3) is 6.70. The summed E-state index contributed by atoms with van der Waals surface area (Å²) in [6.45, 7) is 5.40. The van der Waals surface area contributed by atoms with Gasteiger partial charge >= 0.3 is 8.46 Å². The molecule has 2 aromatic rings. The molecule has 39 heavy (non-hydrogen) atoms. The van der Waals surface area contributed by atoms with Crippen LogP contribution in [0.1, 0.15) is 44.4 Å². The van der Waals surface area contributed by atoms with E-state index in [0.717, 1.165) is 0 Å². The van der Waals surface area contributed by atoms with E-state index in [0.29, 0.717) is 33.3 Å². The van der Waals surface area contributed by atoms with E-state index in [4.69, 9.17) is 30.6 Å². The molecular formula is C27H35ClN2O8P+. The lowest BCUT2D eigenvalue weighted by molar-refractivity contribution is -0.156. The van der Waals surface area contributed by atoms with Crippen molar-refractivity contribution in [2.24, 2.45) is 5.41 Å². The Kier molecular flexibility index (Phi) is 10.3. The third-order valence-electron chi connectivity index (χ3n) is 6.41. The minimum atomic E-state index is -1.86. The van der Waals surface area contributed by atoms with Gasteiger partial charge in [-0.3, -0.25) is 14.4 Å². The number of methoxy groups -OCH3 is 2. The number of hydroxylamine groups is 1. The number of para-hydroxylation sites is 1. The van der Waals surface area contributed by atoms with Gasteiger partial charge in [0, 0.05) is 40.4 Å². The van der Waals surface area contributed by atoms with Crippen molar-refractivity contribution in [3.05, 3.63) is 52.5 Å². The lowest BCUT2D eigenvalue weighted by Gasteiger charge is -2.36. The average molecular weight is 582 g/mol. The Balaban J connectivity index is 2.35. The monoisotopic (exact) mass is 581 g/mol. The molecule has 2 N–H and O–H groups in total. The van der Waals surface area contributed by atoms with Gasteiger partial charge in [0.2, 0.25) is 5.91 Å². The first-order chi connectivity index (χ1) is 18.6. The predicted octanol–water partition coefficient (Wildman–Crippen LogP) is 4.05. The standard InChI is InChI=1S/C27H34ClN2O8P/c1-6-37-29-22(32)13-27(16-39-34)25(33)30(14-26(2,3)15-31)20-11-10-17(28)12-19(20)23(38-27)18-8-7-9-21(35-4)24(18)36-5/h7-12,23,31H,6,13-16H2,1-5H3,(H,29,32)/p+1. The SMILES string of the molecule is CCONC(=O)CC1(C[PH+]=O)OC(c2cccc(OC)c2OC)c2cc(Cl)ccc2N(CC(C)(C)CO)C1=O. The van der Waals surface area contributed by atoms with Gasteiger partial charge in [0.1, 0.15) is 6.10 Å². The van der Waals surface area contributed by atoms with Crippen molar-refractivity contribution in [2.45, 2.75) is 38.9 Å². The summed E-state index contributed by atoms with van der Waals surface area (Å²) in [6.07, 6.45) is -1.72.